The molecule has 1 N–H and O–H groups in total. The largest absolute Gasteiger partial charge is 0.489 e. The molecular formula is C34H33FN2O3S. The van der Waals surface area contributed by atoms with Crippen LogP contribution in [0.4, 0.5) is 9.52 Å². The van der Waals surface area contributed by atoms with Crippen molar-refractivity contribution < 1.29 is 19.0 Å². The van der Waals surface area contributed by atoms with Crippen LogP contribution in [0.25, 0.3) is 11.3 Å². The number of benzene rings is 3. The highest BCUT2D eigenvalue weighted by Crippen LogP contribution is 2.30. The highest BCUT2D eigenvalue weighted by molar-refractivity contribution is 7.14. The third-order valence-corrected chi connectivity index (χ3v) is 8.01. The Balaban J connectivity index is 1.22. The van der Waals surface area contributed by atoms with E-state index >= 15 is 0 Å². The predicted octanol–water partition coefficient (Wildman–Crippen LogP) is 8.07. The summed E-state index contributed by atoms with van der Waals surface area (Å²) in [6.07, 6.45) is 10.9. The van der Waals surface area contributed by atoms with Gasteiger partial charge in [0, 0.05) is 36.5 Å². The maximum Gasteiger partial charge on any atom is 0.303 e. The number of nitrogens with zero attached hydrogens (tertiary/aromatic N) is 2. The number of carboxylic acid groups (broad SMARTS) is 1. The molecule has 7 heteroatoms. The van der Waals surface area contributed by atoms with E-state index in [1.54, 1.807) is 23.5 Å². The molecule has 0 aliphatic heterocycles. The Morgan fingerprint density at radius 2 is 1.85 bits per heavy atom. The summed E-state index contributed by atoms with van der Waals surface area (Å²) in [4.78, 5) is 18.1. The number of anilines is 1. The van der Waals surface area contributed by atoms with Crippen LogP contribution in [0.1, 0.15) is 36.0 Å². The fraction of sp³-hybridized carbons (Fsp3) is 0.235. The summed E-state index contributed by atoms with van der Waals surface area (Å²) in [6.45, 7) is 1.97. The van der Waals surface area contributed by atoms with Crippen LogP contribution in [0.5, 0.6) is 5.75 Å². The molecule has 0 spiro atoms. The summed E-state index contributed by atoms with van der Waals surface area (Å²) < 4.78 is 20.1. The van der Waals surface area contributed by atoms with Crippen LogP contribution in [0.2, 0.25) is 0 Å². The van der Waals surface area contributed by atoms with Crippen molar-refractivity contribution in [3.8, 4) is 17.0 Å². The molecule has 1 unspecified atom stereocenters. The van der Waals surface area contributed by atoms with E-state index in [1.807, 2.05) is 30.3 Å². The summed E-state index contributed by atoms with van der Waals surface area (Å²) in [6, 6.07) is 23.1. The van der Waals surface area contributed by atoms with Gasteiger partial charge in [0.15, 0.2) is 5.13 Å². The molecule has 0 radical (unpaired) electrons. The Hall–Kier alpha value is -4.23. The van der Waals surface area contributed by atoms with Crippen LogP contribution in [-0.2, 0) is 24.4 Å². The highest BCUT2D eigenvalue weighted by atomic mass is 32.1. The second-order valence-electron chi connectivity index (χ2n) is 10.2. The van der Waals surface area contributed by atoms with Gasteiger partial charge in [-0.25, -0.2) is 9.37 Å². The molecule has 1 atom stereocenters. The normalized spacial score (nSPS) is 14.2. The average molecular weight is 569 g/mol. The number of carbonyl (C=O) groups is 1. The van der Waals surface area contributed by atoms with Crippen molar-refractivity contribution in [2.75, 3.05) is 11.4 Å². The van der Waals surface area contributed by atoms with E-state index in [1.165, 1.54) is 11.6 Å². The van der Waals surface area contributed by atoms with Crippen molar-refractivity contribution >= 4 is 22.4 Å². The van der Waals surface area contributed by atoms with Gasteiger partial charge in [-0.2, -0.15) is 0 Å². The number of aromatic nitrogens is 1. The number of halogens is 1. The summed E-state index contributed by atoms with van der Waals surface area (Å²) in [5.41, 5.74) is 4.65. The Labute approximate surface area is 244 Å². The van der Waals surface area contributed by atoms with Crippen molar-refractivity contribution in [3.63, 3.8) is 0 Å². The third-order valence-electron chi connectivity index (χ3n) is 7.11. The molecule has 5 rings (SSSR count). The maximum atomic E-state index is 14.3. The fourth-order valence-corrected chi connectivity index (χ4v) is 5.61. The predicted molar refractivity (Wildman–Crippen MR) is 163 cm³/mol. The number of aryl methyl sites for hydroxylation is 1. The van der Waals surface area contributed by atoms with Crippen LogP contribution in [0.15, 0.2) is 102 Å². The number of thiazole rings is 1. The molecule has 0 amide bonds. The Bertz CT molecular complexity index is 1500. The standard InChI is InChI=1S/C34H33FN2O3S/c35-31-21-30(17-15-28(31)16-18-33(38)39)40-23-27-13-11-26(12-14-27)22-37(20-19-25-7-3-1-4-8-25)34-36-32(24-41-34)29-9-5-2-6-10-29/h1-7,9-15,17,21,24-25H,8,16,18-20,22-23H2,(H,38,39). The lowest BCUT2D eigenvalue weighted by Crippen LogP contribution is -2.25. The first-order valence-corrected chi connectivity index (χ1v) is 14.7. The smallest absolute Gasteiger partial charge is 0.303 e. The molecule has 1 heterocycles. The molecular weight excluding hydrogens is 535 g/mol. The van der Waals surface area contributed by atoms with Gasteiger partial charge in [-0.15, -0.1) is 11.3 Å². The minimum Gasteiger partial charge on any atom is -0.489 e. The summed E-state index contributed by atoms with van der Waals surface area (Å²) in [7, 11) is 0. The van der Waals surface area contributed by atoms with E-state index in [4.69, 9.17) is 14.8 Å². The first-order valence-electron chi connectivity index (χ1n) is 13.8. The average Bonchev–Trinajstić information content (AvgIpc) is 3.50. The molecule has 1 aromatic heterocycles. The monoisotopic (exact) mass is 568 g/mol. The van der Waals surface area contributed by atoms with Gasteiger partial charge in [0.2, 0.25) is 0 Å². The molecule has 5 nitrogen and oxygen atoms in total. The minimum absolute atomic E-state index is 0.105. The van der Waals surface area contributed by atoms with Gasteiger partial charge in [0.05, 0.1) is 5.69 Å². The molecule has 4 aromatic rings. The van der Waals surface area contributed by atoms with Crippen molar-refractivity contribution in [1.29, 1.82) is 0 Å². The van der Waals surface area contributed by atoms with E-state index in [-0.39, 0.29) is 12.8 Å². The van der Waals surface area contributed by atoms with Gasteiger partial charge in [0.25, 0.3) is 0 Å². The minimum atomic E-state index is -0.946. The number of carboxylic acids is 1. The van der Waals surface area contributed by atoms with Gasteiger partial charge in [-0.3, -0.25) is 4.79 Å². The Morgan fingerprint density at radius 1 is 1.05 bits per heavy atom. The topological polar surface area (TPSA) is 62.7 Å². The first-order chi connectivity index (χ1) is 20.0. The number of allylic oxidation sites excluding steroid dienone is 4. The number of ether oxygens (including phenoxy) is 1. The summed E-state index contributed by atoms with van der Waals surface area (Å²) >= 11 is 1.68. The highest BCUT2D eigenvalue weighted by Gasteiger charge is 2.16. The van der Waals surface area contributed by atoms with Crippen molar-refractivity contribution in [1.82, 2.24) is 4.98 Å². The number of hydrogen-bond donors (Lipinski definition) is 1. The van der Waals surface area contributed by atoms with E-state index in [2.05, 4.69) is 58.8 Å². The third kappa shape index (κ3) is 8.14. The zero-order valence-electron chi connectivity index (χ0n) is 22.8. The van der Waals surface area contributed by atoms with Crippen LogP contribution in [0.3, 0.4) is 0 Å². The molecule has 3 aromatic carbocycles. The van der Waals surface area contributed by atoms with Crippen molar-refractivity contribution in [2.24, 2.45) is 5.92 Å². The van der Waals surface area contributed by atoms with Gasteiger partial charge in [-0.1, -0.05) is 85.0 Å². The van der Waals surface area contributed by atoms with Crippen molar-refractivity contribution in [3.05, 3.63) is 125 Å². The van der Waals surface area contributed by atoms with Crippen LogP contribution >= 0.6 is 11.3 Å². The van der Waals surface area contributed by atoms with Gasteiger partial charge < -0.3 is 14.7 Å². The van der Waals surface area contributed by atoms with Crippen molar-refractivity contribution in [2.45, 2.75) is 38.8 Å². The van der Waals surface area contributed by atoms with E-state index < -0.39 is 11.8 Å². The lowest BCUT2D eigenvalue weighted by atomic mass is 9.97. The molecule has 0 saturated carbocycles. The summed E-state index contributed by atoms with van der Waals surface area (Å²) in [5.74, 6) is -0.441. The zero-order valence-corrected chi connectivity index (χ0v) is 23.6. The maximum absolute atomic E-state index is 14.3. The first kappa shape index (κ1) is 28.3. The number of hydrogen-bond acceptors (Lipinski definition) is 5. The summed E-state index contributed by atoms with van der Waals surface area (Å²) in [5, 5.41) is 12.0. The molecule has 41 heavy (non-hydrogen) atoms. The van der Waals surface area contributed by atoms with E-state index in [0.717, 1.165) is 47.9 Å². The van der Waals surface area contributed by atoms with Gasteiger partial charge in [-0.05, 0) is 47.9 Å². The lowest BCUT2D eigenvalue weighted by Gasteiger charge is -2.24. The van der Waals surface area contributed by atoms with E-state index in [0.29, 0.717) is 23.8 Å². The second kappa shape index (κ2) is 13.9. The van der Waals surface area contributed by atoms with Gasteiger partial charge in [0.1, 0.15) is 18.2 Å². The Morgan fingerprint density at radius 3 is 2.59 bits per heavy atom. The lowest BCUT2D eigenvalue weighted by molar-refractivity contribution is -0.136. The quantitative estimate of drug-likeness (QED) is 0.177. The van der Waals surface area contributed by atoms with E-state index in [9.17, 15) is 9.18 Å². The Kier molecular flexibility index (Phi) is 9.60. The van der Waals surface area contributed by atoms with Crippen LogP contribution < -0.4 is 9.64 Å². The number of aliphatic carboxylic acids is 1. The zero-order chi connectivity index (χ0) is 28.4. The molecule has 0 saturated heterocycles. The van der Waals surface area contributed by atoms with Gasteiger partial charge >= 0.3 is 5.97 Å². The molecule has 0 bridgehead atoms. The molecule has 1 aliphatic carbocycles. The fourth-order valence-electron chi connectivity index (χ4n) is 4.75. The molecule has 1 aliphatic rings. The number of rotatable bonds is 13. The molecule has 0 fully saturated rings. The second-order valence-corrected chi connectivity index (χ2v) is 11.0. The van der Waals surface area contributed by atoms with Crippen LogP contribution in [0, 0.1) is 11.7 Å². The van der Waals surface area contributed by atoms with Crippen LogP contribution in [-0.4, -0.2) is 22.6 Å². The molecule has 210 valence electrons. The SMILES string of the molecule is O=C(O)CCc1ccc(OCc2ccc(CN(CCC3C=CC=CC3)c3nc(-c4ccccc4)cs3)cc2)cc1F.